The maximum atomic E-state index is 13.1. The Bertz CT molecular complexity index is 1010. The lowest BCUT2D eigenvalue weighted by Gasteiger charge is -2.09. The van der Waals surface area contributed by atoms with Gasteiger partial charge in [-0.2, -0.15) is 5.10 Å². The van der Waals surface area contributed by atoms with Crippen molar-refractivity contribution in [3.63, 3.8) is 0 Å². The molecule has 138 valence electrons. The highest BCUT2D eigenvalue weighted by atomic mass is 35.5. The first-order valence-corrected chi connectivity index (χ1v) is 8.79. The summed E-state index contributed by atoms with van der Waals surface area (Å²) in [5, 5.41) is 11.2. The molecule has 2 heterocycles. The largest absolute Gasteiger partial charge is 0.454 e. The van der Waals surface area contributed by atoms with Crippen molar-refractivity contribution in [2.24, 2.45) is 0 Å². The van der Waals surface area contributed by atoms with Crippen molar-refractivity contribution in [1.82, 2.24) is 9.78 Å². The molecule has 27 heavy (non-hydrogen) atoms. The molecule has 4 rings (SSSR count). The zero-order valence-electron chi connectivity index (χ0n) is 13.9. The van der Waals surface area contributed by atoms with Crippen molar-refractivity contribution in [2.45, 2.75) is 6.54 Å². The van der Waals surface area contributed by atoms with E-state index in [4.69, 9.17) is 33.3 Å². The van der Waals surface area contributed by atoms with Gasteiger partial charge in [0.05, 0.1) is 18.4 Å². The van der Waals surface area contributed by atoms with Crippen LogP contribution < -0.4 is 20.1 Å². The minimum Gasteiger partial charge on any atom is -0.454 e. The molecule has 2 aromatic carbocycles. The number of thiocarbonyl (C=S) groups is 1. The second-order valence-corrected chi connectivity index (χ2v) is 6.62. The molecule has 0 aliphatic carbocycles. The molecule has 1 aromatic heterocycles. The Hall–Kier alpha value is -2.84. The predicted molar refractivity (Wildman–Crippen MR) is 105 cm³/mol. The normalized spacial score (nSPS) is 12.1. The Balaban J connectivity index is 1.38. The van der Waals surface area contributed by atoms with Gasteiger partial charge >= 0.3 is 0 Å². The van der Waals surface area contributed by atoms with E-state index < -0.39 is 0 Å². The number of fused-ring (bicyclic) bond motifs is 1. The summed E-state index contributed by atoms with van der Waals surface area (Å²) < 4.78 is 25.4. The van der Waals surface area contributed by atoms with Gasteiger partial charge in [0, 0.05) is 23.0 Å². The van der Waals surface area contributed by atoms with Crippen LogP contribution in [0, 0.1) is 5.82 Å². The van der Waals surface area contributed by atoms with E-state index in [2.05, 4.69) is 15.7 Å². The highest BCUT2D eigenvalue weighted by Crippen LogP contribution is 2.34. The Morgan fingerprint density at radius 1 is 1.15 bits per heavy atom. The molecule has 0 amide bonds. The predicted octanol–water partition coefficient (Wildman–Crippen LogP) is 4.26. The van der Waals surface area contributed by atoms with Crippen molar-refractivity contribution >= 4 is 40.3 Å². The zero-order chi connectivity index (χ0) is 18.8. The maximum Gasteiger partial charge on any atom is 0.231 e. The number of hydrogen-bond donors (Lipinski definition) is 2. The highest BCUT2D eigenvalue weighted by molar-refractivity contribution is 7.80. The van der Waals surface area contributed by atoms with Gasteiger partial charge in [-0.25, -0.2) is 4.39 Å². The number of halogens is 2. The van der Waals surface area contributed by atoms with E-state index in [1.165, 1.54) is 12.1 Å². The first-order chi connectivity index (χ1) is 13.1. The molecule has 0 atom stereocenters. The molecule has 9 heteroatoms. The van der Waals surface area contributed by atoms with Gasteiger partial charge in [0.15, 0.2) is 16.6 Å². The number of benzene rings is 2. The van der Waals surface area contributed by atoms with Crippen molar-refractivity contribution in [1.29, 1.82) is 0 Å². The second kappa shape index (κ2) is 7.42. The van der Waals surface area contributed by atoms with Gasteiger partial charge in [-0.3, -0.25) is 4.68 Å². The molecule has 0 fully saturated rings. The summed E-state index contributed by atoms with van der Waals surface area (Å²) in [7, 11) is 0. The maximum absolute atomic E-state index is 13.1. The van der Waals surface area contributed by atoms with Crippen LogP contribution in [0.2, 0.25) is 5.02 Å². The van der Waals surface area contributed by atoms with Crippen LogP contribution >= 0.6 is 23.8 Å². The highest BCUT2D eigenvalue weighted by Gasteiger charge is 2.13. The molecule has 2 N–H and O–H groups in total. The molecule has 0 spiro atoms. The lowest BCUT2D eigenvalue weighted by atomic mass is 10.2. The summed E-state index contributed by atoms with van der Waals surface area (Å²) in [6.45, 7) is 0.641. The van der Waals surface area contributed by atoms with Gasteiger partial charge in [-0.05, 0) is 42.0 Å². The number of nitrogens with zero attached hydrogens (tertiary/aromatic N) is 2. The molecular formula is C18H14ClFN4O2S. The van der Waals surface area contributed by atoms with Crippen LogP contribution in [-0.4, -0.2) is 21.7 Å². The van der Waals surface area contributed by atoms with Crippen molar-refractivity contribution < 1.29 is 13.9 Å². The summed E-state index contributed by atoms with van der Waals surface area (Å²) in [6, 6.07) is 9.77. The molecule has 0 bridgehead atoms. The summed E-state index contributed by atoms with van der Waals surface area (Å²) in [5.74, 6) is 1.01. The van der Waals surface area contributed by atoms with E-state index in [1.807, 2.05) is 18.2 Å². The topological polar surface area (TPSA) is 60.3 Å². The summed E-state index contributed by atoms with van der Waals surface area (Å²) >= 11 is 11.4. The van der Waals surface area contributed by atoms with Crippen LogP contribution in [0.1, 0.15) is 5.56 Å². The summed E-state index contributed by atoms with van der Waals surface area (Å²) in [6.07, 6.45) is 3.43. The van der Waals surface area contributed by atoms with E-state index in [-0.39, 0.29) is 12.6 Å². The molecule has 0 saturated carbocycles. The number of anilines is 2. The van der Waals surface area contributed by atoms with Crippen molar-refractivity contribution in [3.8, 4) is 11.5 Å². The Morgan fingerprint density at radius 2 is 1.96 bits per heavy atom. The van der Waals surface area contributed by atoms with Gasteiger partial charge in [0.1, 0.15) is 5.82 Å². The SMILES string of the molecule is Fc1ccc(Cn2cc(NC(=S)Nc3ccc4c(c3)OCO4)cn2)c(Cl)c1. The third-order valence-electron chi connectivity index (χ3n) is 3.87. The number of nitrogens with one attached hydrogen (secondary N) is 2. The average molecular weight is 405 g/mol. The fourth-order valence-corrected chi connectivity index (χ4v) is 3.07. The standard InChI is InChI=1S/C18H14ClFN4O2S/c19-15-5-12(20)2-1-11(15)8-24-9-14(7-21-24)23-18(27)22-13-3-4-16-17(6-13)26-10-25-16/h1-7,9H,8,10H2,(H2,22,23,27). The third-order valence-corrected chi connectivity index (χ3v) is 4.42. The minimum atomic E-state index is -0.369. The van der Waals surface area contributed by atoms with E-state index in [0.717, 1.165) is 11.3 Å². The molecule has 0 unspecified atom stereocenters. The second-order valence-electron chi connectivity index (χ2n) is 5.81. The van der Waals surface area contributed by atoms with Crippen LogP contribution in [0.25, 0.3) is 0 Å². The number of ether oxygens (including phenoxy) is 2. The Morgan fingerprint density at radius 3 is 2.81 bits per heavy atom. The van der Waals surface area contributed by atoms with Gasteiger partial charge in [-0.15, -0.1) is 0 Å². The van der Waals surface area contributed by atoms with Gasteiger partial charge in [0.25, 0.3) is 0 Å². The van der Waals surface area contributed by atoms with Crippen LogP contribution in [0.15, 0.2) is 48.8 Å². The fraction of sp³-hybridized carbons (Fsp3) is 0.111. The van der Waals surface area contributed by atoms with Gasteiger partial charge in [-0.1, -0.05) is 17.7 Å². The lowest BCUT2D eigenvalue weighted by molar-refractivity contribution is 0.174. The van der Waals surface area contributed by atoms with Crippen LogP contribution in [-0.2, 0) is 6.54 Å². The number of rotatable bonds is 4. The van der Waals surface area contributed by atoms with E-state index >= 15 is 0 Å². The first-order valence-electron chi connectivity index (χ1n) is 8.01. The Labute approximate surface area is 164 Å². The third kappa shape index (κ3) is 4.12. The first kappa shape index (κ1) is 17.6. The van der Waals surface area contributed by atoms with Crippen molar-refractivity contribution in [2.75, 3.05) is 17.4 Å². The number of hydrogen-bond acceptors (Lipinski definition) is 4. The molecular weight excluding hydrogens is 391 g/mol. The number of aromatic nitrogens is 2. The van der Waals surface area contributed by atoms with E-state index in [0.29, 0.717) is 33.9 Å². The molecule has 1 aliphatic rings. The van der Waals surface area contributed by atoms with Crippen LogP contribution in [0.4, 0.5) is 15.8 Å². The monoisotopic (exact) mass is 404 g/mol. The van der Waals surface area contributed by atoms with Gasteiger partial charge < -0.3 is 20.1 Å². The smallest absolute Gasteiger partial charge is 0.231 e. The van der Waals surface area contributed by atoms with Crippen LogP contribution in [0.5, 0.6) is 11.5 Å². The molecule has 3 aromatic rings. The molecule has 6 nitrogen and oxygen atoms in total. The molecule has 0 radical (unpaired) electrons. The molecule has 0 saturated heterocycles. The fourth-order valence-electron chi connectivity index (χ4n) is 2.61. The van der Waals surface area contributed by atoms with Crippen LogP contribution in [0.3, 0.4) is 0 Å². The Kier molecular flexibility index (Phi) is 4.83. The van der Waals surface area contributed by atoms with E-state index in [9.17, 15) is 4.39 Å². The van der Waals surface area contributed by atoms with Crippen molar-refractivity contribution in [3.05, 3.63) is 65.2 Å². The van der Waals surface area contributed by atoms with E-state index in [1.54, 1.807) is 23.1 Å². The van der Waals surface area contributed by atoms with Gasteiger partial charge in [0.2, 0.25) is 6.79 Å². The molecule has 1 aliphatic heterocycles. The lowest BCUT2D eigenvalue weighted by Crippen LogP contribution is -2.18. The zero-order valence-corrected chi connectivity index (χ0v) is 15.5. The average Bonchev–Trinajstić information content (AvgIpc) is 3.26. The summed E-state index contributed by atoms with van der Waals surface area (Å²) in [4.78, 5) is 0. The minimum absolute atomic E-state index is 0.221. The summed E-state index contributed by atoms with van der Waals surface area (Å²) in [5.41, 5.74) is 2.27. The quantitative estimate of drug-likeness (QED) is 0.633.